The Bertz CT molecular complexity index is 734. The van der Waals surface area contributed by atoms with Gasteiger partial charge in [0.15, 0.2) is 11.0 Å². The van der Waals surface area contributed by atoms with Gasteiger partial charge in [0.1, 0.15) is 0 Å². The number of aromatic nitrogens is 3. The standard InChI is InChI=1S/C16H19N5OS/c1-12-7-4-5-8-13(12)15-18-19-16(21(15)3)23-11-14(22)20(2)10-6-9-17/h4-5,7-8H,6,10-11H2,1-3H3. The van der Waals surface area contributed by atoms with Gasteiger partial charge in [-0.05, 0) is 12.5 Å². The molecule has 1 heterocycles. The third-order valence-electron chi connectivity index (χ3n) is 3.53. The third-order valence-corrected chi connectivity index (χ3v) is 4.54. The molecule has 0 bridgehead atoms. The molecule has 0 unspecified atom stereocenters. The molecule has 0 aliphatic carbocycles. The minimum Gasteiger partial charge on any atom is -0.344 e. The highest BCUT2D eigenvalue weighted by Gasteiger charge is 2.15. The van der Waals surface area contributed by atoms with E-state index in [0.717, 1.165) is 17.0 Å². The number of hydrogen-bond acceptors (Lipinski definition) is 5. The normalized spacial score (nSPS) is 10.3. The van der Waals surface area contributed by atoms with Gasteiger partial charge in [0.05, 0.1) is 18.2 Å². The van der Waals surface area contributed by atoms with Gasteiger partial charge in [-0.25, -0.2) is 0 Å². The molecule has 0 aliphatic heterocycles. The van der Waals surface area contributed by atoms with Gasteiger partial charge in [-0.3, -0.25) is 4.79 Å². The van der Waals surface area contributed by atoms with Gasteiger partial charge in [0, 0.05) is 26.2 Å². The predicted molar refractivity (Wildman–Crippen MR) is 89.8 cm³/mol. The van der Waals surface area contributed by atoms with Crippen LogP contribution in [0.4, 0.5) is 0 Å². The van der Waals surface area contributed by atoms with Crippen LogP contribution in [0, 0.1) is 18.3 Å². The summed E-state index contributed by atoms with van der Waals surface area (Å²) in [5, 5.41) is 17.7. The summed E-state index contributed by atoms with van der Waals surface area (Å²) in [5.74, 6) is 1.04. The first-order chi connectivity index (χ1) is 11.0. The number of carbonyl (C=O) groups is 1. The number of carbonyl (C=O) groups excluding carboxylic acids is 1. The molecule has 7 heteroatoms. The quantitative estimate of drug-likeness (QED) is 0.760. The van der Waals surface area contributed by atoms with Crippen molar-refractivity contribution in [2.24, 2.45) is 7.05 Å². The minimum atomic E-state index is -0.0225. The van der Waals surface area contributed by atoms with Crippen LogP contribution in [0.25, 0.3) is 11.4 Å². The van der Waals surface area contributed by atoms with Gasteiger partial charge in [-0.1, -0.05) is 36.0 Å². The number of aryl methyl sites for hydroxylation is 1. The summed E-state index contributed by atoms with van der Waals surface area (Å²) in [6.45, 7) is 2.48. The number of benzene rings is 1. The number of rotatable bonds is 6. The second kappa shape index (κ2) is 7.79. The zero-order chi connectivity index (χ0) is 16.8. The molecule has 120 valence electrons. The van der Waals surface area contributed by atoms with Crippen molar-refractivity contribution in [3.63, 3.8) is 0 Å². The van der Waals surface area contributed by atoms with Gasteiger partial charge in [0.25, 0.3) is 0 Å². The summed E-state index contributed by atoms with van der Waals surface area (Å²) < 4.78 is 1.90. The maximum atomic E-state index is 12.0. The van der Waals surface area contributed by atoms with Crippen LogP contribution in [0.3, 0.4) is 0 Å². The monoisotopic (exact) mass is 329 g/mol. The maximum absolute atomic E-state index is 12.0. The fourth-order valence-corrected chi connectivity index (χ4v) is 2.93. The van der Waals surface area contributed by atoms with E-state index in [1.807, 2.05) is 48.9 Å². The lowest BCUT2D eigenvalue weighted by Gasteiger charge is -2.14. The van der Waals surface area contributed by atoms with E-state index in [2.05, 4.69) is 10.2 Å². The van der Waals surface area contributed by atoms with E-state index in [9.17, 15) is 4.79 Å². The van der Waals surface area contributed by atoms with E-state index in [-0.39, 0.29) is 11.7 Å². The number of amides is 1. The van der Waals surface area contributed by atoms with Crippen LogP contribution in [-0.4, -0.2) is 44.9 Å². The zero-order valence-corrected chi connectivity index (χ0v) is 14.3. The Morgan fingerprint density at radius 3 is 2.83 bits per heavy atom. The molecule has 0 radical (unpaired) electrons. The van der Waals surface area contributed by atoms with E-state index in [1.165, 1.54) is 11.8 Å². The highest BCUT2D eigenvalue weighted by molar-refractivity contribution is 7.99. The summed E-state index contributed by atoms with van der Waals surface area (Å²) in [5.41, 5.74) is 2.17. The smallest absolute Gasteiger partial charge is 0.232 e. The van der Waals surface area contributed by atoms with Crippen molar-refractivity contribution < 1.29 is 4.79 Å². The molecular formula is C16H19N5OS. The molecule has 2 rings (SSSR count). The van der Waals surface area contributed by atoms with Crippen molar-refractivity contribution >= 4 is 17.7 Å². The fraction of sp³-hybridized carbons (Fsp3) is 0.375. The Kier molecular flexibility index (Phi) is 5.77. The molecule has 0 saturated carbocycles. The molecule has 0 N–H and O–H groups in total. The average Bonchev–Trinajstić information content (AvgIpc) is 2.91. The van der Waals surface area contributed by atoms with Gasteiger partial charge in [0.2, 0.25) is 5.91 Å². The Balaban J connectivity index is 2.05. The number of hydrogen-bond donors (Lipinski definition) is 0. The third kappa shape index (κ3) is 4.11. The molecule has 1 aromatic carbocycles. The Morgan fingerprint density at radius 1 is 1.39 bits per heavy atom. The fourth-order valence-electron chi connectivity index (χ4n) is 2.08. The van der Waals surface area contributed by atoms with E-state index >= 15 is 0 Å². The lowest BCUT2D eigenvalue weighted by molar-refractivity contribution is -0.127. The molecule has 23 heavy (non-hydrogen) atoms. The summed E-state index contributed by atoms with van der Waals surface area (Å²) in [4.78, 5) is 13.6. The van der Waals surface area contributed by atoms with Crippen molar-refractivity contribution in [3.8, 4) is 17.5 Å². The van der Waals surface area contributed by atoms with Gasteiger partial charge in [-0.2, -0.15) is 5.26 Å². The second-order valence-corrected chi connectivity index (χ2v) is 6.13. The van der Waals surface area contributed by atoms with Crippen molar-refractivity contribution in [3.05, 3.63) is 29.8 Å². The first-order valence-electron chi connectivity index (χ1n) is 7.23. The van der Waals surface area contributed by atoms with Crippen LogP contribution < -0.4 is 0 Å². The van der Waals surface area contributed by atoms with Crippen LogP contribution in [0.15, 0.2) is 29.4 Å². The summed E-state index contributed by atoms with van der Waals surface area (Å²) in [6, 6.07) is 10.0. The molecular weight excluding hydrogens is 310 g/mol. The van der Waals surface area contributed by atoms with Crippen molar-refractivity contribution in [1.82, 2.24) is 19.7 Å². The Morgan fingerprint density at radius 2 is 2.13 bits per heavy atom. The van der Waals surface area contributed by atoms with Crippen molar-refractivity contribution in [1.29, 1.82) is 5.26 Å². The molecule has 1 aromatic heterocycles. The van der Waals surface area contributed by atoms with Crippen LogP contribution in [0.1, 0.15) is 12.0 Å². The van der Waals surface area contributed by atoms with E-state index in [1.54, 1.807) is 11.9 Å². The van der Waals surface area contributed by atoms with E-state index < -0.39 is 0 Å². The molecule has 0 fully saturated rings. The molecule has 2 aromatic rings. The predicted octanol–water partition coefficient (Wildman–Crippen LogP) is 2.25. The Labute approximate surface area is 140 Å². The second-order valence-electron chi connectivity index (χ2n) is 5.19. The summed E-state index contributed by atoms with van der Waals surface area (Å²) in [7, 11) is 3.60. The molecule has 1 amide bonds. The molecule has 0 spiro atoms. The highest BCUT2D eigenvalue weighted by Crippen LogP contribution is 2.25. The number of nitriles is 1. The lowest BCUT2D eigenvalue weighted by atomic mass is 10.1. The number of thioether (sulfide) groups is 1. The maximum Gasteiger partial charge on any atom is 0.232 e. The molecule has 0 aliphatic rings. The largest absolute Gasteiger partial charge is 0.344 e. The SMILES string of the molecule is Cc1ccccc1-c1nnc(SCC(=O)N(C)CCC#N)n1C. The number of nitrogens with zero attached hydrogens (tertiary/aromatic N) is 5. The summed E-state index contributed by atoms with van der Waals surface area (Å²) in [6.07, 6.45) is 0.342. The molecule has 0 atom stereocenters. The molecule has 6 nitrogen and oxygen atoms in total. The zero-order valence-electron chi connectivity index (χ0n) is 13.5. The molecule has 0 saturated heterocycles. The first-order valence-corrected chi connectivity index (χ1v) is 8.22. The Hall–Kier alpha value is -2.33. The summed E-state index contributed by atoms with van der Waals surface area (Å²) >= 11 is 1.35. The topological polar surface area (TPSA) is 74.8 Å². The van der Waals surface area contributed by atoms with Crippen LogP contribution >= 0.6 is 11.8 Å². The van der Waals surface area contributed by atoms with Crippen molar-refractivity contribution in [2.45, 2.75) is 18.5 Å². The lowest BCUT2D eigenvalue weighted by Crippen LogP contribution is -2.29. The first kappa shape index (κ1) is 17.0. The minimum absolute atomic E-state index is 0.0225. The van der Waals surface area contributed by atoms with Crippen LogP contribution in [-0.2, 0) is 11.8 Å². The van der Waals surface area contributed by atoms with E-state index in [0.29, 0.717) is 18.1 Å². The van der Waals surface area contributed by atoms with Gasteiger partial charge in [-0.15, -0.1) is 10.2 Å². The van der Waals surface area contributed by atoms with E-state index in [4.69, 9.17) is 5.26 Å². The highest BCUT2D eigenvalue weighted by atomic mass is 32.2. The average molecular weight is 329 g/mol. The van der Waals surface area contributed by atoms with Crippen LogP contribution in [0.2, 0.25) is 0 Å². The van der Waals surface area contributed by atoms with Crippen LogP contribution in [0.5, 0.6) is 0 Å². The van der Waals surface area contributed by atoms with Crippen molar-refractivity contribution in [2.75, 3.05) is 19.3 Å². The van der Waals surface area contributed by atoms with Gasteiger partial charge >= 0.3 is 0 Å². The van der Waals surface area contributed by atoms with Gasteiger partial charge < -0.3 is 9.47 Å².